The predicted octanol–water partition coefficient (Wildman–Crippen LogP) is 3.25. The second-order valence-corrected chi connectivity index (χ2v) is 4.89. The molecule has 1 atom stereocenters. The molecule has 1 amide bonds. The molecule has 2 aromatic carbocycles. The summed E-state index contributed by atoms with van der Waals surface area (Å²) < 4.78 is 18.4. The van der Waals surface area contributed by atoms with Gasteiger partial charge < -0.3 is 9.64 Å². The highest BCUT2D eigenvalue weighted by Gasteiger charge is 2.19. The zero-order chi connectivity index (χ0) is 15.2. The molecule has 0 N–H and O–H groups in total. The van der Waals surface area contributed by atoms with Crippen LogP contribution in [0.4, 0.5) is 4.39 Å². The van der Waals surface area contributed by atoms with Crippen LogP contribution >= 0.6 is 0 Å². The topological polar surface area (TPSA) is 29.5 Å². The van der Waals surface area contributed by atoms with Crippen LogP contribution in [0.2, 0.25) is 0 Å². The fourth-order valence-electron chi connectivity index (χ4n) is 2.01. The van der Waals surface area contributed by atoms with Crippen LogP contribution in [0.1, 0.15) is 12.5 Å². The molecule has 0 spiro atoms. The van der Waals surface area contributed by atoms with E-state index in [9.17, 15) is 9.18 Å². The Bertz CT molecular complexity index is 583. The first kappa shape index (κ1) is 15.0. The normalized spacial score (nSPS) is 11.8. The van der Waals surface area contributed by atoms with Crippen LogP contribution in [-0.4, -0.2) is 24.0 Å². The van der Waals surface area contributed by atoms with E-state index in [2.05, 4.69) is 0 Å². The van der Waals surface area contributed by atoms with Crippen LogP contribution in [-0.2, 0) is 11.3 Å². The van der Waals surface area contributed by atoms with Gasteiger partial charge >= 0.3 is 0 Å². The Morgan fingerprint density at radius 2 is 1.76 bits per heavy atom. The molecule has 0 unspecified atom stereocenters. The third kappa shape index (κ3) is 4.31. The number of carbonyl (C=O) groups is 1. The van der Waals surface area contributed by atoms with Crippen molar-refractivity contribution in [1.82, 2.24) is 4.90 Å². The van der Waals surface area contributed by atoms with E-state index in [1.54, 1.807) is 18.9 Å². The van der Waals surface area contributed by atoms with Gasteiger partial charge in [-0.1, -0.05) is 30.3 Å². The molecule has 0 aliphatic carbocycles. The van der Waals surface area contributed by atoms with E-state index in [1.165, 1.54) is 24.3 Å². The van der Waals surface area contributed by atoms with Crippen LogP contribution in [0, 0.1) is 5.82 Å². The molecule has 3 nitrogen and oxygen atoms in total. The summed E-state index contributed by atoms with van der Waals surface area (Å²) in [5, 5.41) is 0. The second-order valence-electron chi connectivity index (χ2n) is 4.89. The Labute approximate surface area is 124 Å². The second kappa shape index (κ2) is 6.88. The summed E-state index contributed by atoms with van der Waals surface area (Å²) >= 11 is 0. The number of likely N-dealkylation sites (N-methyl/N-ethyl adjacent to an activating group) is 1. The number of hydrogen-bond donors (Lipinski definition) is 0. The molecular formula is C17H18FNO2. The van der Waals surface area contributed by atoms with Crippen LogP contribution < -0.4 is 4.74 Å². The van der Waals surface area contributed by atoms with E-state index in [-0.39, 0.29) is 11.7 Å². The highest BCUT2D eigenvalue weighted by Crippen LogP contribution is 2.14. The number of amides is 1. The van der Waals surface area contributed by atoms with Gasteiger partial charge in [-0.15, -0.1) is 0 Å². The Kier molecular flexibility index (Phi) is 4.93. The third-order valence-corrected chi connectivity index (χ3v) is 3.11. The molecule has 0 aliphatic heterocycles. The van der Waals surface area contributed by atoms with Gasteiger partial charge in [-0.3, -0.25) is 4.79 Å². The lowest BCUT2D eigenvalue weighted by Crippen LogP contribution is -2.37. The predicted molar refractivity (Wildman–Crippen MR) is 79.4 cm³/mol. The largest absolute Gasteiger partial charge is 0.481 e. The van der Waals surface area contributed by atoms with Gasteiger partial charge in [0.25, 0.3) is 5.91 Å². The van der Waals surface area contributed by atoms with Gasteiger partial charge in [0.05, 0.1) is 0 Å². The quantitative estimate of drug-likeness (QED) is 0.845. The molecule has 2 rings (SSSR count). The number of nitrogens with zero attached hydrogens (tertiary/aromatic N) is 1. The average molecular weight is 287 g/mol. The summed E-state index contributed by atoms with van der Waals surface area (Å²) in [6.07, 6.45) is -0.621. The number of halogens is 1. The summed E-state index contributed by atoms with van der Waals surface area (Å²) in [7, 11) is 1.74. The summed E-state index contributed by atoms with van der Waals surface area (Å²) in [4.78, 5) is 13.9. The molecule has 110 valence electrons. The van der Waals surface area contributed by atoms with Crippen molar-refractivity contribution in [3.63, 3.8) is 0 Å². The first-order valence-electron chi connectivity index (χ1n) is 6.77. The van der Waals surface area contributed by atoms with E-state index in [4.69, 9.17) is 4.74 Å². The third-order valence-electron chi connectivity index (χ3n) is 3.11. The van der Waals surface area contributed by atoms with Crippen molar-refractivity contribution in [3.8, 4) is 5.75 Å². The minimum atomic E-state index is -0.621. The lowest BCUT2D eigenvalue weighted by atomic mass is 10.2. The zero-order valence-electron chi connectivity index (χ0n) is 12.1. The van der Waals surface area contributed by atoms with E-state index in [1.807, 2.05) is 30.3 Å². The Balaban J connectivity index is 1.93. The lowest BCUT2D eigenvalue weighted by Gasteiger charge is -2.22. The maximum atomic E-state index is 12.8. The maximum absolute atomic E-state index is 12.8. The van der Waals surface area contributed by atoms with Crippen molar-refractivity contribution in [2.24, 2.45) is 0 Å². The van der Waals surface area contributed by atoms with Crippen molar-refractivity contribution in [3.05, 3.63) is 66.0 Å². The molecule has 0 fully saturated rings. The van der Waals surface area contributed by atoms with E-state index >= 15 is 0 Å². The first-order chi connectivity index (χ1) is 10.1. The van der Waals surface area contributed by atoms with E-state index < -0.39 is 6.10 Å². The monoisotopic (exact) mass is 287 g/mol. The molecule has 21 heavy (non-hydrogen) atoms. The van der Waals surface area contributed by atoms with Crippen LogP contribution in [0.25, 0.3) is 0 Å². The van der Waals surface area contributed by atoms with Crippen LogP contribution in [0.3, 0.4) is 0 Å². The Morgan fingerprint density at radius 1 is 1.14 bits per heavy atom. The standard InChI is InChI=1S/C17H18FNO2/c1-13(21-16-10-8-15(18)9-11-16)17(20)19(2)12-14-6-4-3-5-7-14/h3-11,13H,12H2,1-2H3/t13-/m0/s1. The molecule has 0 aliphatic rings. The number of benzene rings is 2. The van der Waals surface area contributed by atoms with E-state index in [0.29, 0.717) is 12.3 Å². The SMILES string of the molecule is C[C@H](Oc1ccc(F)cc1)C(=O)N(C)Cc1ccccc1. The van der Waals surface area contributed by atoms with Gasteiger partial charge in [-0.05, 0) is 36.8 Å². The fraction of sp³-hybridized carbons (Fsp3) is 0.235. The number of hydrogen-bond acceptors (Lipinski definition) is 2. The van der Waals surface area contributed by atoms with Crippen molar-refractivity contribution in [1.29, 1.82) is 0 Å². The number of rotatable bonds is 5. The van der Waals surface area contributed by atoms with Gasteiger partial charge in [-0.25, -0.2) is 4.39 Å². The molecule has 0 saturated heterocycles. The zero-order valence-corrected chi connectivity index (χ0v) is 12.1. The molecule has 2 aromatic rings. The summed E-state index contributed by atoms with van der Waals surface area (Å²) in [5.74, 6) is 0.0241. The van der Waals surface area contributed by atoms with Gasteiger partial charge in [0.2, 0.25) is 0 Å². The maximum Gasteiger partial charge on any atom is 0.263 e. The number of ether oxygens (including phenoxy) is 1. The van der Waals surface area contributed by atoms with Crippen molar-refractivity contribution in [2.75, 3.05) is 7.05 Å². The van der Waals surface area contributed by atoms with Crippen molar-refractivity contribution >= 4 is 5.91 Å². The highest BCUT2D eigenvalue weighted by atomic mass is 19.1. The first-order valence-corrected chi connectivity index (χ1v) is 6.77. The van der Waals surface area contributed by atoms with Crippen LogP contribution in [0.5, 0.6) is 5.75 Å². The smallest absolute Gasteiger partial charge is 0.263 e. The summed E-state index contributed by atoms with van der Waals surface area (Å²) in [5.41, 5.74) is 1.06. The summed E-state index contributed by atoms with van der Waals surface area (Å²) in [6, 6.07) is 15.4. The molecule has 0 saturated carbocycles. The Hall–Kier alpha value is -2.36. The highest BCUT2D eigenvalue weighted by molar-refractivity contribution is 5.80. The van der Waals surface area contributed by atoms with Gasteiger partial charge in [0, 0.05) is 13.6 Å². The molecule has 0 radical (unpaired) electrons. The lowest BCUT2D eigenvalue weighted by molar-refractivity contribution is -0.137. The van der Waals surface area contributed by atoms with Crippen LogP contribution in [0.15, 0.2) is 54.6 Å². The molecule has 4 heteroatoms. The fourth-order valence-corrected chi connectivity index (χ4v) is 2.01. The number of carbonyl (C=O) groups excluding carboxylic acids is 1. The van der Waals surface area contributed by atoms with Crippen molar-refractivity contribution < 1.29 is 13.9 Å². The summed E-state index contributed by atoms with van der Waals surface area (Å²) in [6.45, 7) is 2.21. The van der Waals surface area contributed by atoms with E-state index in [0.717, 1.165) is 5.56 Å². The Morgan fingerprint density at radius 3 is 2.38 bits per heavy atom. The minimum absolute atomic E-state index is 0.122. The van der Waals surface area contributed by atoms with Gasteiger partial charge in [0.15, 0.2) is 6.10 Å². The minimum Gasteiger partial charge on any atom is -0.481 e. The molecular weight excluding hydrogens is 269 g/mol. The molecule has 0 aromatic heterocycles. The molecule has 0 heterocycles. The van der Waals surface area contributed by atoms with Gasteiger partial charge in [0.1, 0.15) is 11.6 Å². The molecule has 0 bridgehead atoms. The van der Waals surface area contributed by atoms with Crippen molar-refractivity contribution in [2.45, 2.75) is 19.6 Å². The van der Waals surface area contributed by atoms with Gasteiger partial charge in [-0.2, -0.15) is 0 Å². The average Bonchev–Trinajstić information content (AvgIpc) is 2.49.